The number of carbonyl (C=O) groups excluding carboxylic acids is 3. The van der Waals surface area contributed by atoms with E-state index >= 15 is 0 Å². The van der Waals surface area contributed by atoms with Crippen LogP contribution in [-0.4, -0.2) is 43.5 Å². The normalized spacial score (nSPS) is 25.2. The van der Waals surface area contributed by atoms with Crippen LogP contribution < -0.4 is 11.5 Å². The molecule has 2 aromatic rings. The van der Waals surface area contributed by atoms with E-state index in [4.69, 9.17) is 11.5 Å². The number of hydrogen-bond donors (Lipinski definition) is 6. The summed E-state index contributed by atoms with van der Waals surface area (Å²) in [5.41, 5.74) is 10.8. The zero-order valence-electron chi connectivity index (χ0n) is 20.4. The molecule has 3 aliphatic carbocycles. The highest BCUT2D eigenvalue weighted by Gasteiger charge is 2.60. The Morgan fingerprint density at radius 3 is 2.43 bits per heavy atom. The lowest BCUT2D eigenvalue weighted by Crippen LogP contribution is -2.58. The lowest BCUT2D eigenvalue weighted by molar-refractivity contribution is -0.147. The fourth-order valence-corrected chi connectivity index (χ4v) is 6.16. The number of aliphatic hydroxyl groups is 3. The van der Waals surface area contributed by atoms with E-state index in [1.807, 2.05) is 19.9 Å². The van der Waals surface area contributed by atoms with Crippen LogP contribution in [0, 0.1) is 11.8 Å². The van der Waals surface area contributed by atoms with E-state index in [9.17, 15) is 34.8 Å². The van der Waals surface area contributed by atoms with Crippen molar-refractivity contribution in [1.82, 2.24) is 0 Å². The molecule has 0 bridgehead atoms. The number of benzene rings is 2. The Labute approximate surface area is 212 Å². The molecule has 2 aromatic carbocycles. The fourth-order valence-electron chi connectivity index (χ4n) is 6.16. The molecule has 9 nitrogen and oxygen atoms in total. The maximum absolute atomic E-state index is 13.7. The largest absolute Gasteiger partial charge is 0.508 e. The van der Waals surface area contributed by atoms with Crippen LogP contribution in [0.5, 0.6) is 5.75 Å². The van der Waals surface area contributed by atoms with Crippen molar-refractivity contribution in [3.05, 3.63) is 63.9 Å². The summed E-state index contributed by atoms with van der Waals surface area (Å²) >= 11 is 0. The zero-order chi connectivity index (χ0) is 27.0. The summed E-state index contributed by atoms with van der Waals surface area (Å²) in [6, 6.07) is 8.75. The first-order chi connectivity index (χ1) is 17.4. The summed E-state index contributed by atoms with van der Waals surface area (Å²) in [5.74, 6) is -6.41. The number of rotatable bonds is 3. The highest BCUT2D eigenvalue weighted by atomic mass is 16.3. The summed E-state index contributed by atoms with van der Waals surface area (Å²) in [5, 5.41) is 44.9. The third-order valence-corrected chi connectivity index (χ3v) is 7.92. The number of aliphatic hydroxyl groups excluding tert-OH is 2. The first kappa shape index (κ1) is 24.6. The predicted molar refractivity (Wildman–Crippen MR) is 135 cm³/mol. The van der Waals surface area contributed by atoms with E-state index in [-0.39, 0.29) is 42.1 Å². The van der Waals surface area contributed by atoms with E-state index in [0.717, 1.165) is 5.56 Å². The van der Waals surface area contributed by atoms with Crippen LogP contribution in [0.25, 0.3) is 16.9 Å². The molecule has 8 N–H and O–H groups in total. The fraction of sp³-hybridized carbons (Fsp3) is 0.321. The Morgan fingerprint density at radius 2 is 1.81 bits per heavy atom. The van der Waals surface area contributed by atoms with E-state index in [1.54, 1.807) is 24.3 Å². The number of phenols is 1. The highest BCUT2D eigenvalue weighted by Crippen LogP contribution is 2.54. The van der Waals surface area contributed by atoms with Crippen LogP contribution >= 0.6 is 0 Å². The average molecular weight is 505 g/mol. The van der Waals surface area contributed by atoms with Gasteiger partial charge in [0.05, 0.1) is 5.56 Å². The van der Waals surface area contributed by atoms with E-state index < -0.39 is 52.0 Å². The number of phenolic OH excluding ortho intramolecular Hbond substituents is 1. The van der Waals surface area contributed by atoms with E-state index in [0.29, 0.717) is 22.4 Å². The Balaban J connectivity index is 1.76. The molecular weight excluding hydrogens is 476 g/mol. The van der Waals surface area contributed by atoms with Gasteiger partial charge in [0, 0.05) is 29.2 Å². The maximum Gasteiger partial charge on any atom is 0.255 e. The van der Waals surface area contributed by atoms with Crippen molar-refractivity contribution in [1.29, 1.82) is 0 Å². The van der Waals surface area contributed by atoms with Gasteiger partial charge in [-0.2, -0.15) is 0 Å². The van der Waals surface area contributed by atoms with Gasteiger partial charge in [0.25, 0.3) is 5.91 Å². The van der Waals surface area contributed by atoms with Crippen LogP contribution in [0.2, 0.25) is 0 Å². The van der Waals surface area contributed by atoms with Gasteiger partial charge in [-0.3, -0.25) is 14.4 Å². The molecule has 5 rings (SSSR count). The minimum atomic E-state index is -2.59. The molecule has 0 saturated heterocycles. The van der Waals surface area contributed by atoms with Gasteiger partial charge in [0.15, 0.2) is 11.4 Å². The molecule has 192 valence electrons. The van der Waals surface area contributed by atoms with E-state index in [2.05, 4.69) is 0 Å². The molecule has 1 fully saturated rings. The van der Waals surface area contributed by atoms with Gasteiger partial charge >= 0.3 is 0 Å². The molecule has 0 heterocycles. The van der Waals surface area contributed by atoms with Crippen LogP contribution in [0.3, 0.4) is 0 Å². The molecule has 1 amide bonds. The molecular formula is C28H28N2O7. The SMILES string of the molecule is CC(C)c1cc(-c2cccc(N)c2)c(O)c2c1C[C@H]1C[C@H]3CC(=O)C(C(N)=O)=C(O)[C@@]3(O)C(=O)C1=C2O. The minimum Gasteiger partial charge on any atom is -0.508 e. The number of carbonyl (C=O) groups is 3. The number of fused-ring (bicyclic) bond motifs is 3. The summed E-state index contributed by atoms with van der Waals surface area (Å²) in [6.45, 7) is 3.95. The van der Waals surface area contributed by atoms with Gasteiger partial charge < -0.3 is 31.9 Å². The quantitative estimate of drug-likeness (QED) is 0.272. The predicted octanol–water partition coefficient (Wildman–Crippen LogP) is 2.80. The molecule has 0 aliphatic heterocycles. The number of nitrogen functional groups attached to an aromatic ring is 1. The molecule has 0 spiro atoms. The monoisotopic (exact) mass is 504 g/mol. The van der Waals surface area contributed by atoms with Gasteiger partial charge in [-0.1, -0.05) is 26.0 Å². The summed E-state index contributed by atoms with van der Waals surface area (Å²) < 4.78 is 0. The van der Waals surface area contributed by atoms with Crippen molar-refractivity contribution in [3.63, 3.8) is 0 Å². The molecule has 3 aliphatic rings. The lowest BCUT2D eigenvalue weighted by Gasteiger charge is -2.46. The van der Waals surface area contributed by atoms with Crippen LogP contribution in [0.15, 0.2) is 47.2 Å². The number of ketones is 2. The maximum atomic E-state index is 13.7. The smallest absolute Gasteiger partial charge is 0.255 e. The molecule has 37 heavy (non-hydrogen) atoms. The molecule has 0 radical (unpaired) electrons. The Bertz CT molecular complexity index is 1470. The van der Waals surface area contributed by atoms with Gasteiger partial charge in [-0.25, -0.2) is 0 Å². The van der Waals surface area contributed by atoms with Crippen LogP contribution in [0.4, 0.5) is 5.69 Å². The van der Waals surface area contributed by atoms with E-state index in [1.165, 1.54) is 0 Å². The number of nitrogens with two attached hydrogens (primary N) is 2. The third-order valence-electron chi connectivity index (χ3n) is 7.92. The average Bonchev–Trinajstić information content (AvgIpc) is 2.81. The zero-order valence-corrected chi connectivity index (χ0v) is 20.4. The third kappa shape index (κ3) is 3.37. The highest BCUT2D eigenvalue weighted by molar-refractivity contribution is 6.22. The number of hydrogen-bond acceptors (Lipinski definition) is 8. The second-order valence-corrected chi connectivity index (χ2v) is 10.4. The van der Waals surface area contributed by atoms with Gasteiger partial charge in [-0.15, -0.1) is 0 Å². The van der Waals surface area contributed by atoms with Gasteiger partial charge in [-0.05, 0) is 59.6 Å². The van der Waals surface area contributed by atoms with Crippen molar-refractivity contribution < 1.29 is 34.8 Å². The Morgan fingerprint density at radius 1 is 1.11 bits per heavy atom. The molecule has 3 atom stereocenters. The lowest BCUT2D eigenvalue weighted by atomic mass is 9.59. The number of amides is 1. The molecule has 9 heteroatoms. The molecule has 0 unspecified atom stereocenters. The van der Waals surface area contributed by atoms with Crippen molar-refractivity contribution in [2.24, 2.45) is 17.6 Å². The van der Waals surface area contributed by atoms with Gasteiger partial charge in [0.2, 0.25) is 5.78 Å². The topological polar surface area (TPSA) is 184 Å². The van der Waals surface area contributed by atoms with Crippen LogP contribution in [0.1, 0.15) is 49.3 Å². The van der Waals surface area contributed by atoms with Crippen molar-refractivity contribution in [3.8, 4) is 16.9 Å². The summed E-state index contributed by atoms with van der Waals surface area (Å²) in [6.07, 6.45) is 0.0173. The number of primary amides is 1. The molecule has 0 aromatic heterocycles. The second kappa shape index (κ2) is 8.21. The first-order valence-corrected chi connectivity index (χ1v) is 12.1. The number of anilines is 1. The minimum absolute atomic E-state index is 0.00101. The van der Waals surface area contributed by atoms with Crippen molar-refractivity contribution in [2.45, 2.75) is 44.6 Å². The summed E-state index contributed by atoms with van der Waals surface area (Å²) in [7, 11) is 0. The van der Waals surface area contributed by atoms with Crippen molar-refractivity contribution >= 4 is 28.9 Å². The van der Waals surface area contributed by atoms with Crippen molar-refractivity contribution in [2.75, 3.05) is 5.73 Å². The van der Waals surface area contributed by atoms with Crippen LogP contribution in [-0.2, 0) is 20.8 Å². The standard InChI is InChI=1S/C28H28N2O7/c1-11(2)16-10-17(12-4-3-5-15(29)7-12)23(32)21-18(16)8-13-6-14-9-19(31)22(27(30)36)26(35)28(14,37)25(34)20(13)24(21)33/h3-5,7,10-11,13-14,32-33,35,37H,6,8-9,29H2,1-2H3,(H2,30,36)/t13-,14+,28+/m1/s1. The Hall–Kier alpha value is -4.11. The Kier molecular flexibility index (Phi) is 5.45. The first-order valence-electron chi connectivity index (χ1n) is 12.1. The molecule has 1 saturated carbocycles. The summed E-state index contributed by atoms with van der Waals surface area (Å²) in [4.78, 5) is 38.0. The van der Waals surface area contributed by atoms with Gasteiger partial charge in [0.1, 0.15) is 22.8 Å². The number of aromatic hydroxyl groups is 1. The number of Topliss-reactive ketones (excluding diaryl/α,β-unsaturated/α-hetero) is 2. The second-order valence-electron chi connectivity index (χ2n) is 10.4.